The summed E-state index contributed by atoms with van der Waals surface area (Å²) in [7, 11) is 0. The maximum absolute atomic E-state index is 3.46. The molecule has 0 saturated carbocycles. The van der Waals surface area contributed by atoms with E-state index in [1.54, 1.807) is 0 Å². The quantitative estimate of drug-likeness (QED) is 0.567. The molecule has 0 aromatic heterocycles. The van der Waals surface area contributed by atoms with Crippen LogP contribution in [0.1, 0.15) is 13.8 Å². The lowest BCUT2D eigenvalue weighted by molar-refractivity contribution is 0.350. The smallest absolute Gasteiger partial charge is 0.0317 e. The van der Waals surface area contributed by atoms with E-state index in [0.29, 0.717) is 0 Å². The summed E-state index contributed by atoms with van der Waals surface area (Å²) in [6.45, 7) is 7.95. The van der Waals surface area contributed by atoms with Gasteiger partial charge >= 0.3 is 0 Å². The van der Waals surface area contributed by atoms with Crippen LogP contribution in [0, 0.1) is 5.92 Å². The van der Waals surface area contributed by atoms with Crippen molar-refractivity contribution >= 4 is 0 Å². The molecule has 0 spiro atoms. The Labute approximate surface area is 57.0 Å². The van der Waals surface area contributed by atoms with Gasteiger partial charge in [-0.05, 0) is 12.5 Å². The van der Waals surface area contributed by atoms with Gasteiger partial charge < -0.3 is 10.6 Å². The topological polar surface area (TPSA) is 24.1 Å². The fourth-order valence-corrected chi connectivity index (χ4v) is 0.835. The van der Waals surface area contributed by atoms with Gasteiger partial charge in [0.05, 0.1) is 0 Å². The molecule has 1 fully saturated rings. The van der Waals surface area contributed by atoms with Gasteiger partial charge in [-0.15, -0.1) is 0 Å². The van der Waals surface area contributed by atoms with Crippen LogP contribution >= 0.6 is 0 Å². The SMILES string of the molecule is CC(C)CNC1CNC1. The summed E-state index contributed by atoms with van der Waals surface area (Å²) in [5.74, 6) is 0.783. The number of nitrogens with one attached hydrogen (secondary N) is 2. The summed E-state index contributed by atoms with van der Waals surface area (Å²) in [6, 6.07) is 0.757. The normalized spacial score (nSPS) is 20.3. The molecule has 0 unspecified atom stereocenters. The summed E-state index contributed by atoms with van der Waals surface area (Å²) < 4.78 is 0. The predicted octanol–water partition coefficient (Wildman–Crippen LogP) is 0.204. The van der Waals surface area contributed by atoms with Gasteiger partial charge in [0.1, 0.15) is 0 Å². The van der Waals surface area contributed by atoms with Crippen LogP contribution in [0.2, 0.25) is 0 Å². The van der Waals surface area contributed by atoms with Crippen molar-refractivity contribution in [2.24, 2.45) is 5.92 Å². The first-order valence-electron chi connectivity index (χ1n) is 3.73. The van der Waals surface area contributed by atoms with Crippen LogP contribution < -0.4 is 10.6 Å². The predicted molar refractivity (Wildman–Crippen MR) is 39.5 cm³/mol. The molecule has 1 saturated heterocycles. The second-order valence-electron chi connectivity index (χ2n) is 3.16. The third-order valence-corrected chi connectivity index (χ3v) is 1.60. The van der Waals surface area contributed by atoms with E-state index in [1.165, 1.54) is 0 Å². The first-order chi connectivity index (χ1) is 4.29. The van der Waals surface area contributed by atoms with Crippen molar-refractivity contribution in [3.05, 3.63) is 0 Å². The minimum Gasteiger partial charge on any atom is -0.314 e. The van der Waals surface area contributed by atoms with Crippen molar-refractivity contribution in [2.45, 2.75) is 19.9 Å². The summed E-state index contributed by atoms with van der Waals surface area (Å²) in [5.41, 5.74) is 0. The van der Waals surface area contributed by atoms with E-state index < -0.39 is 0 Å². The second kappa shape index (κ2) is 3.18. The molecule has 0 aromatic rings. The Kier molecular flexibility index (Phi) is 2.49. The Bertz CT molecular complexity index is 77.0. The van der Waals surface area contributed by atoms with Crippen molar-refractivity contribution in [2.75, 3.05) is 19.6 Å². The molecule has 54 valence electrons. The zero-order chi connectivity index (χ0) is 6.69. The highest BCUT2D eigenvalue weighted by Crippen LogP contribution is 1.93. The number of hydrogen-bond donors (Lipinski definition) is 2. The van der Waals surface area contributed by atoms with E-state index in [1.807, 2.05) is 0 Å². The van der Waals surface area contributed by atoms with Gasteiger partial charge in [0.2, 0.25) is 0 Å². The van der Waals surface area contributed by atoms with E-state index in [2.05, 4.69) is 24.5 Å². The van der Waals surface area contributed by atoms with Crippen molar-refractivity contribution in [1.29, 1.82) is 0 Å². The van der Waals surface area contributed by atoms with Crippen LogP contribution in [-0.2, 0) is 0 Å². The van der Waals surface area contributed by atoms with E-state index in [4.69, 9.17) is 0 Å². The maximum atomic E-state index is 3.46. The molecule has 2 heteroatoms. The van der Waals surface area contributed by atoms with Crippen LogP contribution in [0.15, 0.2) is 0 Å². The summed E-state index contributed by atoms with van der Waals surface area (Å²) in [5, 5.41) is 6.68. The number of hydrogen-bond acceptors (Lipinski definition) is 2. The molecular weight excluding hydrogens is 112 g/mol. The fraction of sp³-hybridized carbons (Fsp3) is 1.00. The molecule has 1 aliphatic heterocycles. The third kappa shape index (κ3) is 2.33. The highest BCUT2D eigenvalue weighted by atomic mass is 15.1. The van der Waals surface area contributed by atoms with Gasteiger partial charge in [-0.3, -0.25) is 0 Å². The van der Waals surface area contributed by atoms with Gasteiger partial charge in [0, 0.05) is 19.1 Å². The van der Waals surface area contributed by atoms with Gasteiger partial charge in [-0.2, -0.15) is 0 Å². The highest BCUT2D eigenvalue weighted by Gasteiger charge is 2.14. The Morgan fingerprint density at radius 3 is 2.56 bits per heavy atom. The fourth-order valence-electron chi connectivity index (χ4n) is 0.835. The lowest BCUT2D eigenvalue weighted by atomic mass is 10.1. The first-order valence-corrected chi connectivity index (χ1v) is 3.73. The Balaban J connectivity index is 1.91. The first kappa shape index (κ1) is 7.03. The van der Waals surface area contributed by atoms with Gasteiger partial charge in [0.15, 0.2) is 0 Å². The highest BCUT2D eigenvalue weighted by molar-refractivity contribution is 4.81. The minimum atomic E-state index is 0.757. The molecular formula is C7H16N2. The number of rotatable bonds is 3. The zero-order valence-electron chi connectivity index (χ0n) is 6.28. The minimum absolute atomic E-state index is 0.757. The Hall–Kier alpha value is -0.0800. The van der Waals surface area contributed by atoms with E-state index >= 15 is 0 Å². The van der Waals surface area contributed by atoms with E-state index in [9.17, 15) is 0 Å². The van der Waals surface area contributed by atoms with Gasteiger partial charge in [-0.1, -0.05) is 13.8 Å². The molecule has 1 heterocycles. The molecule has 0 amide bonds. The molecule has 2 nitrogen and oxygen atoms in total. The second-order valence-corrected chi connectivity index (χ2v) is 3.16. The monoisotopic (exact) mass is 128 g/mol. The van der Waals surface area contributed by atoms with Crippen molar-refractivity contribution in [3.8, 4) is 0 Å². The third-order valence-electron chi connectivity index (χ3n) is 1.60. The van der Waals surface area contributed by atoms with Crippen molar-refractivity contribution < 1.29 is 0 Å². The Morgan fingerprint density at radius 1 is 1.56 bits per heavy atom. The Morgan fingerprint density at radius 2 is 2.22 bits per heavy atom. The van der Waals surface area contributed by atoms with Crippen LogP contribution in [0.5, 0.6) is 0 Å². The van der Waals surface area contributed by atoms with Crippen LogP contribution in [0.4, 0.5) is 0 Å². The average Bonchev–Trinajstić information content (AvgIpc) is 1.60. The average molecular weight is 128 g/mol. The molecule has 0 aliphatic carbocycles. The van der Waals surface area contributed by atoms with Crippen molar-refractivity contribution in [1.82, 2.24) is 10.6 Å². The molecule has 0 aromatic carbocycles. The molecule has 0 radical (unpaired) electrons. The largest absolute Gasteiger partial charge is 0.314 e. The molecule has 0 atom stereocenters. The van der Waals surface area contributed by atoms with Gasteiger partial charge in [0.25, 0.3) is 0 Å². The lowest BCUT2D eigenvalue weighted by Crippen LogP contribution is -2.55. The van der Waals surface area contributed by atoms with Crippen LogP contribution in [0.3, 0.4) is 0 Å². The standard InChI is InChI=1S/C7H16N2/c1-6(2)3-9-7-4-8-5-7/h6-9H,3-5H2,1-2H3. The van der Waals surface area contributed by atoms with Crippen LogP contribution in [0.25, 0.3) is 0 Å². The summed E-state index contributed by atoms with van der Waals surface area (Å²) in [4.78, 5) is 0. The molecule has 0 bridgehead atoms. The van der Waals surface area contributed by atoms with E-state index in [-0.39, 0.29) is 0 Å². The molecule has 1 aliphatic rings. The molecule has 9 heavy (non-hydrogen) atoms. The van der Waals surface area contributed by atoms with Crippen LogP contribution in [-0.4, -0.2) is 25.7 Å². The van der Waals surface area contributed by atoms with E-state index in [0.717, 1.165) is 31.6 Å². The van der Waals surface area contributed by atoms with Crippen molar-refractivity contribution in [3.63, 3.8) is 0 Å². The summed E-state index contributed by atoms with van der Waals surface area (Å²) in [6.07, 6.45) is 0. The summed E-state index contributed by atoms with van der Waals surface area (Å²) >= 11 is 0. The molecule has 2 N–H and O–H groups in total. The molecule has 1 rings (SSSR count). The van der Waals surface area contributed by atoms with Gasteiger partial charge in [-0.25, -0.2) is 0 Å². The zero-order valence-corrected chi connectivity index (χ0v) is 6.28. The maximum Gasteiger partial charge on any atom is 0.0317 e. The lowest BCUT2D eigenvalue weighted by Gasteiger charge is -2.28.